The van der Waals surface area contributed by atoms with Gasteiger partial charge in [-0.3, -0.25) is 4.79 Å². The minimum atomic E-state index is -0.575. The average Bonchev–Trinajstić information content (AvgIpc) is 3.28. The summed E-state index contributed by atoms with van der Waals surface area (Å²) in [5.41, 5.74) is 2.86. The van der Waals surface area contributed by atoms with Crippen LogP contribution in [0.4, 0.5) is 0 Å². The number of carbonyl (C=O) groups is 2. The van der Waals surface area contributed by atoms with E-state index in [1.165, 1.54) is 11.8 Å². The van der Waals surface area contributed by atoms with E-state index < -0.39 is 5.60 Å². The van der Waals surface area contributed by atoms with Gasteiger partial charge in [0.2, 0.25) is 0 Å². The fourth-order valence-electron chi connectivity index (χ4n) is 4.64. The summed E-state index contributed by atoms with van der Waals surface area (Å²) in [6, 6.07) is 11.2. The van der Waals surface area contributed by atoms with Crippen LogP contribution in [0.3, 0.4) is 0 Å². The molecule has 1 amide bonds. The van der Waals surface area contributed by atoms with Gasteiger partial charge < -0.3 is 9.64 Å². The van der Waals surface area contributed by atoms with Gasteiger partial charge in [-0.15, -0.1) is 0 Å². The van der Waals surface area contributed by atoms with Gasteiger partial charge in [0.05, 0.1) is 10.5 Å². The molecule has 1 aromatic carbocycles. The molecule has 1 saturated heterocycles. The van der Waals surface area contributed by atoms with Crippen LogP contribution in [0.2, 0.25) is 5.15 Å². The lowest BCUT2D eigenvalue weighted by molar-refractivity contribution is -0.113. The number of allylic oxidation sites excluding steroid dienone is 1. The van der Waals surface area contributed by atoms with Gasteiger partial charge in [-0.2, -0.15) is 4.99 Å². The number of aliphatic imine (C=N–C) groups is 1. The molecule has 2 aromatic rings. The Morgan fingerprint density at radius 3 is 2.59 bits per heavy atom. The maximum absolute atomic E-state index is 12.9. The summed E-state index contributed by atoms with van der Waals surface area (Å²) < 4.78 is 5.84. The van der Waals surface area contributed by atoms with E-state index in [-0.39, 0.29) is 17.8 Å². The number of amidine groups is 1. The Hall–Kier alpha value is -2.64. The van der Waals surface area contributed by atoms with Gasteiger partial charge in [0.25, 0.3) is 5.91 Å². The molecule has 8 heteroatoms. The first-order chi connectivity index (χ1) is 15.4. The summed E-state index contributed by atoms with van der Waals surface area (Å²) in [4.78, 5) is 36.5. The summed E-state index contributed by atoms with van der Waals surface area (Å²) in [5, 5.41) is 1.12. The zero-order valence-corrected chi connectivity index (χ0v) is 19.4. The first-order valence-corrected chi connectivity index (χ1v) is 11.8. The second-order valence-corrected chi connectivity index (χ2v) is 9.85. The largest absolute Gasteiger partial charge is 0.450 e. The summed E-state index contributed by atoms with van der Waals surface area (Å²) in [6.45, 7) is 5.43. The number of likely N-dealkylation sites (tertiary alicyclic amines) is 1. The Morgan fingerprint density at radius 2 is 1.91 bits per heavy atom. The SMILES string of the molecule is CC(C)C(=C1SC(N2CCC3(CC2)OC(=O)c2ccccc23)=NC1=O)c1ccc(Cl)nc1. The predicted molar refractivity (Wildman–Crippen MR) is 125 cm³/mol. The van der Waals surface area contributed by atoms with Gasteiger partial charge >= 0.3 is 5.97 Å². The fraction of sp³-hybridized carbons (Fsp3) is 0.333. The van der Waals surface area contributed by atoms with Crippen molar-refractivity contribution in [3.05, 3.63) is 69.3 Å². The number of benzene rings is 1. The Balaban J connectivity index is 1.36. The van der Waals surface area contributed by atoms with Gasteiger partial charge in [0, 0.05) is 37.7 Å². The van der Waals surface area contributed by atoms with Gasteiger partial charge in [0.1, 0.15) is 10.8 Å². The van der Waals surface area contributed by atoms with Crippen molar-refractivity contribution in [1.82, 2.24) is 9.88 Å². The molecule has 164 valence electrons. The summed E-state index contributed by atoms with van der Waals surface area (Å²) in [7, 11) is 0. The van der Waals surface area contributed by atoms with Gasteiger partial charge in [-0.05, 0) is 40.9 Å². The van der Waals surface area contributed by atoms with E-state index in [0.717, 1.165) is 16.7 Å². The van der Waals surface area contributed by atoms with E-state index in [1.807, 2.05) is 30.3 Å². The third kappa shape index (κ3) is 3.53. The number of carbonyl (C=O) groups excluding carboxylic acids is 2. The standard InChI is InChI=1S/C24H22ClN3O3S/c1-14(2)19(15-7-8-18(25)26-13-15)20-21(29)27-23(32-20)28-11-9-24(10-12-28)17-6-4-3-5-16(17)22(30)31-24/h3-8,13-14H,9-12H2,1-2H3. The van der Waals surface area contributed by atoms with Gasteiger partial charge in [-0.25, -0.2) is 9.78 Å². The highest BCUT2D eigenvalue weighted by atomic mass is 35.5. The van der Waals surface area contributed by atoms with E-state index in [1.54, 1.807) is 12.3 Å². The van der Waals surface area contributed by atoms with Crippen LogP contribution in [-0.2, 0) is 15.1 Å². The number of nitrogens with zero attached hydrogens (tertiary/aromatic N) is 3. The van der Waals surface area contributed by atoms with Crippen LogP contribution in [-0.4, -0.2) is 40.0 Å². The van der Waals surface area contributed by atoms with E-state index in [9.17, 15) is 9.59 Å². The third-order valence-electron chi connectivity index (χ3n) is 6.21. The number of rotatable bonds is 2. The third-order valence-corrected chi connectivity index (χ3v) is 7.57. The molecule has 0 bridgehead atoms. The van der Waals surface area contributed by atoms with Crippen LogP contribution in [0, 0.1) is 5.92 Å². The number of pyridine rings is 1. The number of fused-ring (bicyclic) bond motifs is 2. The van der Waals surface area contributed by atoms with Crippen LogP contribution < -0.4 is 0 Å². The lowest BCUT2D eigenvalue weighted by Crippen LogP contribution is -2.44. The Labute approximate surface area is 195 Å². The first-order valence-electron chi connectivity index (χ1n) is 10.6. The maximum Gasteiger partial charge on any atom is 0.339 e. The highest BCUT2D eigenvalue weighted by molar-refractivity contribution is 8.18. The molecular formula is C24H22ClN3O3S. The number of ether oxygens (including phenoxy) is 1. The predicted octanol–water partition coefficient (Wildman–Crippen LogP) is 4.89. The van der Waals surface area contributed by atoms with Crippen molar-refractivity contribution < 1.29 is 14.3 Å². The van der Waals surface area contributed by atoms with E-state index in [0.29, 0.717) is 46.7 Å². The molecule has 0 radical (unpaired) electrons. The topological polar surface area (TPSA) is 71.9 Å². The molecule has 0 unspecified atom stereocenters. The summed E-state index contributed by atoms with van der Waals surface area (Å²) >= 11 is 7.36. The van der Waals surface area contributed by atoms with Crippen LogP contribution in [0.5, 0.6) is 0 Å². The van der Waals surface area contributed by atoms with Crippen molar-refractivity contribution >= 4 is 46.0 Å². The number of aromatic nitrogens is 1. The van der Waals surface area contributed by atoms with Gasteiger partial charge in [0.15, 0.2) is 5.17 Å². The summed E-state index contributed by atoms with van der Waals surface area (Å²) in [6.07, 6.45) is 3.04. The van der Waals surface area contributed by atoms with Crippen molar-refractivity contribution in [2.24, 2.45) is 10.9 Å². The highest BCUT2D eigenvalue weighted by Gasteiger charge is 2.48. The van der Waals surface area contributed by atoms with Crippen molar-refractivity contribution in [1.29, 1.82) is 0 Å². The fourth-order valence-corrected chi connectivity index (χ4v) is 5.97. The molecule has 0 saturated carbocycles. The number of hydrogen-bond acceptors (Lipinski definition) is 6. The minimum Gasteiger partial charge on any atom is -0.450 e. The number of piperidine rings is 1. The second-order valence-electron chi connectivity index (χ2n) is 8.49. The molecule has 1 fully saturated rings. The zero-order valence-electron chi connectivity index (χ0n) is 17.8. The number of amides is 1. The van der Waals surface area contributed by atoms with E-state index in [2.05, 4.69) is 28.7 Å². The quantitative estimate of drug-likeness (QED) is 0.355. The smallest absolute Gasteiger partial charge is 0.339 e. The Kier molecular flexibility index (Phi) is 5.34. The molecular weight excluding hydrogens is 446 g/mol. The normalized spacial score (nSPS) is 21.1. The molecule has 6 nitrogen and oxygen atoms in total. The minimum absolute atomic E-state index is 0.123. The second kappa shape index (κ2) is 8.05. The van der Waals surface area contributed by atoms with Crippen LogP contribution in [0.25, 0.3) is 5.57 Å². The lowest BCUT2D eigenvalue weighted by atomic mass is 9.84. The molecule has 4 heterocycles. The molecule has 1 aromatic heterocycles. The zero-order chi connectivity index (χ0) is 22.5. The molecule has 3 aliphatic heterocycles. The van der Waals surface area contributed by atoms with Crippen molar-refractivity contribution in [2.75, 3.05) is 13.1 Å². The molecule has 0 atom stereocenters. The Morgan fingerprint density at radius 1 is 1.16 bits per heavy atom. The first kappa shape index (κ1) is 21.2. The number of thioether (sulfide) groups is 1. The lowest BCUT2D eigenvalue weighted by Gasteiger charge is -2.39. The van der Waals surface area contributed by atoms with Crippen LogP contribution in [0.1, 0.15) is 48.2 Å². The molecule has 0 N–H and O–H groups in total. The van der Waals surface area contributed by atoms with Crippen molar-refractivity contribution in [3.8, 4) is 0 Å². The molecule has 1 spiro atoms. The van der Waals surface area contributed by atoms with E-state index in [4.69, 9.17) is 16.3 Å². The van der Waals surface area contributed by atoms with Crippen LogP contribution >= 0.6 is 23.4 Å². The number of halogens is 1. The Bertz CT molecular complexity index is 1170. The van der Waals surface area contributed by atoms with E-state index >= 15 is 0 Å². The van der Waals surface area contributed by atoms with Crippen LogP contribution in [0.15, 0.2) is 52.5 Å². The maximum atomic E-state index is 12.9. The number of hydrogen-bond donors (Lipinski definition) is 0. The molecule has 32 heavy (non-hydrogen) atoms. The molecule has 3 aliphatic rings. The monoisotopic (exact) mass is 467 g/mol. The molecule has 5 rings (SSSR count). The summed E-state index contributed by atoms with van der Waals surface area (Å²) in [5.74, 6) is -0.347. The van der Waals surface area contributed by atoms with Crippen molar-refractivity contribution in [2.45, 2.75) is 32.3 Å². The van der Waals surface area contributed by atoms with Gasteiger partial charge in [-0.1, -0.05) is 49.7 Å². The average molecular weight is 468 g/mol. The number of esters is 1. The highest BCUT2D eigenvalue weighted by Crippen LogP contribution is 2.45. The van der Waals surface area contributed by atoms with Crippen molar-refractivity contribution in [3.63, 3.8) is 0 Å². The molecule has 0 aliphatic carbocycles.